The second-order valence-electron chi connectivity index (χ2n) is 2.80. The van der Waals surface area contributed by atoms with Crippen LogP contribution in [0.2, 0.25) is 0 Å². The van der Waals surface area contributed by atoms with Crippen LogP contribution in [0.4, 0.5) is 0 Å². The quantitative estimate of drug-likeness (QED) is 0.687. The highest BCUT2D eigenvalue weighted by molar-refractivity contribution is 5.96. The summed E-state index contributed by atoms with van der Waals surface area (Å²) in [6.07, 6.45) is 0.786. The molecule has 0 atom stereocenters. The summed E-state index contributed by atoms with van der Waals surface area (Å²) in [6.45, 7) is 0.0184. The number of hydrogen-bond acceptors (Lipinski definition) is 3. The standard InChI is InChI=1S/C10H12O3/c11-6-2-5-10(13)8-3-1-4-9(12)7-8/h1,3-4,7,11-12H,2,5-6H2. The number of carbonyl (C=O) groups excluding carboxylic acids is 1. The minimum Gasteiger partial charge on any atom is -0.508 e. The summed E-state index contributed by atoms with van der Waals surface area (Å²) < 4.78 is 0. The number of ketones is 1. The number of aliphatic hydroxyl groups excluding tert-OH is 1. The number of phenols is 1. The fourth-order valence-electron chi connectivity index (χ4n) is 1.06. The van der Waals surface area contributed by atoms with Gasteiger partial charge < -0.3 is 10.2 Å². The van der Waals surface area contributed by atoms with Gasteiger partial charge in [0.15, 0.2) is 5.78 Å². The summed E-state index contributed by atoms with van der Waals surface area (Å²) >= 11 is 0. The van der Waals surface area contributed by atoms with Crippen LogP contribution in [0.15, 0.2) is 24.3 Å². The maximum absolute atomic E-state index is 11.3. The van der Waals surface area contributed by atoms with Crippen molar-refractivity contribution in [3.8, 4) is 5.75 Å². The Labute approximate surface area is 76.6 Å². The minimum atomic E-state index is -0.0510. The molecule has 0 saturated carbocycles. The lowest BCUT2D eigenvalue weighted by atomic mass is 10.1. The summed E-state index contributed by atoms with van der Waals surface area (Å²) in [5, 5.41) is 17.6. The molecule has 0 bridgehead atoms. The van der Waals surface area contributed by atoms with Gasteiger partial charge in [-0.25, -0.2) is 0 Å². The Balaban J connectivity index is 2.66. The van der Waals surface area contributed by atoms with Gasteiger partial charge in [0.2, 0.25) is 0 Å². The predicted octanol–water partition coefficient (Wildman–Crippen LogP) is 1.35. The average Bonchev–Trinajstić information content (AvgIpc) is 2.14. The molecular formula is C10H12O3. The third-order valence-electron chi connectivity index (χ3n) is 1.73. The topological polar surface area (TPSA) is 57.5 Å². The van der Waals surface area contributed by atoms with Crippen molar-refractivity contribution in [2.45, 2.75) is 12.8 Å². The molecule has 0 aliphatic carbocycles. The van der Waals surface area contributed by atoms with Crippen molar-refractivity contribution in [1.82, 2.24) is 0 Å². The third-order valence-corrected chi connectivity index (χ3v) is 1.73. The normalized spacial score (nSPS) is 9.92. The summed E-state index contributed by atoms with van der Waals surface area (Å²) in [5.41, 5.74) is 0.494. The zero-order chi connectivity index (χ0) is 9.68. The van der Waals surface area contributed by atoms with Crippen LogP contribution in [0.1, 0.15) is 23.2 Å². The average molecular weight is 180 g/mol. The van der Waals surface area contributed by atoms with Gasteiger partial charge in [-0.2, -0.15) is 0 Å². The number of aliphatic hydroxyl groups is 1. The molecule has 0 saturated heterocycles. The summed E-state index contributed by atoms with van der Waals surface area (Å²) in [5.74, 6) is 0.0415. The van der Waals surface area contributed by atoms with Gasteiger partial charge in [0.1, 0.15) is 5.75 Å². The highest BCUT2D eigenvalue weighted by atomic mass is 16.3. The molecule has 1 aromatic carbocycles. The van der Waals surface area contributed by atoms with Gasteiger partial charge >= 0.3 is 0 Å². The van der Waals surface area contributed by atoms with E-state index in [0.29, 0.717) is 18.4 Å². The molecule has 13 heavy (non-hydrogen) atoms. The fraction of sp³-hybridized carbons (Fsp3) is 0.300. The van der Waals surface area contributed by atoms with Gasteiger partial charge in [-0.3, -0.25) is 4.79 Å². The molecule has 0 unspecified atom stereocenters. The minimum absolute atomic E-state index is 0.0184. The van der Waals surface area contributed by atoms with Crippen LogP contribution in [0.3, 0.4) is 0 Å². The van der Waals surface area contributed by atoms with Crippen LogP contribution in [0, 0.1) is 0 Å². The van der Waals surface area contributed by atoms with E-state index in [1.165, 1.54) is 12.1 Å². The third kappa shape index (κ3) is 2.87. The van der Waals surface area contributed by atoms with Gasteiger partial charge in [-0.1, -0.05) is 12.1 Å². The lowest BCUT2D eigenvalue weighted by molar-refractivity contribution is 0.0971. The molecular weight excluding hydrogens is 168 g/mol. The first kappa shape index (κ1) is 9.74. The number of benzene rings is 1. The zero-order valence-electron chi connectivity index (χ0n) is 7.23. The molecule has 1 aromatic rings. The maximum atomic E-state index is 11.3. The highest BCUT2D eigenvalue weighted by Crippen LogP contribution is 2.12. The van der Waals surface area contributed by atoms with Crippen LogP contribution < -0.4 is 0 Å². The molecule has 0 aliphatic heterocycles. The second-order valence-corrected chi connectivity index (χ2v) is 2.80. The fourth-order valence-corrected chi connectivity index (χ4v) is 1.06. The molecule has 0 heterocycles. The lowest BCUT2D eigenvalue weighted by Gasteiger charge is -1.99. The molecule has 2 N–H and O–H groups in total. The lowest BCUT2D eigenvalue weighted by Crippen LogP contribution is -1.99. The van der Waals surface area contributed by atoms with Crippen molar-refractivity contribution in [2.24, 2.45) is 0 Å². The highest BCUT2D eigenvalue weighted by Gasteiger charge is 2.04. The number of hydrogen-bond donors (Lipinski definition) is 2. The van der Waals surface area contributed by atoms with E-state index in [-0.39, 0.29) is 18.1 Å². The van der Waals surface area contributed by atoms with Crippen LogP contribution in [0.5, 0.6) is 5.75 Å². The summed E-state index contributed by atoms with van der Waals surface area (Å²) in [4.78, 5) is 11.3. The van der Waals surface area contributed by atoms with E-state index in [1.54, 1.807) is 12.1 Å². The van der Waals surface area contributed by atoms with E-state index in [4.69, 9.17) is 10.2 Å². The molecule has 0 radical (unpaired) electrons. The number of rotatable bonds is 4. The Morgan fingerprint density at radius 3 is 2.77 bits per heavy atom. The van der Waals surface area contributed by atoms with Gasteiger partial charge in [0, 0.05) is 18.6 Å². The van der Waals surface area contributed by atoms with Gasteiger partial charge in [0.25, 0.3) is 0 Å². The smallest absolute Gasteiger partial charge is 0.163 e. The zero-order valence-corrected chi connectivity index (χ0v) is 7.23. The Hall–Kier alpha value is -1.35. The number of aromatic hydroxyl groups is 1. The molecule has 0 spiro atoms. The van der Waals surface area contributed by atoms with Crippen LogP contribution in [-0.4, -0.2) is 22.6 Å². The second kappa shape index (κ2) is 4.62. The van der Waals surface area contributed by atoms with E-state index >= 15 is 0 Å². The van der Waals surface area contributed by atoms with Crippen LogP contribution in [0.25, 0.3) is 0 Å². The van der Waals surface area contributed by atoms with Crippen molar-refractivity contribution in [2.75, 3.05) is 6.61 Å². The molecule has 3 heteroatoms. The van der Waals surface area contributed by atoms with Gasteiger partial charge in [-0.15, -0.1) is 0 Å². The Morgan fingerprint density at radius 1 is 1.38 bits per heavy atom. The molecule has 1 rings (SSSR count). The predicted molar refractivity (Wildman–Crippen MR) is 48.8 cm³/mol. The Morgan fingerprint density at radius 2 is 2.15 bits per heavy atom. The van der Waals surface area contributed by atoms with E-state index in [1.807, 2.05) is 0 Å². The molecule has 3 nitrogen and oxygen atoms in total. The summed E-state index contributed by atoms with van der Waals surface area (Å²) in [6, 6.07) is 6.23. The van der Waals surface area contributed by atoms with Crippen LogP contribution >= 0.6 is 0 Å². The van der Waals surface area contributed by atoms with E-state index < -0.39 is 0 Å². The van der Waals surface area contributed by atoms with Crippen molar-refractivity contribution in [3.05, 3.63) is 29.8 Å². The molecule has 0 aromatic heterocycles. The Kier molecular flexibility index (Phi) is 3.46. The first-order valence-electron chi connectivity index (χ1n) is 4.17. The molecule has 0 amide bonds. The first-order valence-corrected chi connectivity index (χ1v) is 4.17. The molecule has 0 fully saturated rings. The SMILES string of the molecule is O=C(CCCO)c1cccc(O)c1. The van der Waals surface area contributed by atoms with Gasteiger partial charge in [-0.05, 0) is 18.6 Å². The first-order chi connectivity index (χ1) is 6.24. The Bertz CT molecular complexity index is 294. The van der Waals surface area contributed by atoms with Gasteiger partial charge in [0.05, 0.1) is 0 Å². The van der Waals surface area contributed by atoms with E-state index in [0.717, 1.165) is 0 Å². The largest absolute Gasteiger partial charge is 0.508 e. The van der Waals surface area contributed by atoms with Crippen molar-refractivity contribution in [1.29, 1.82) is 0 Å². The number of Topliss-reactive ketones (excluding diaryl/α,β-unsaturated/α-hetero) is 1. The summed E-state index contributed by atoms with van der Waals surface area (Å²) in [7, 11) is 0. The molecule has 70 valence electrons. The van der Waals surface area contributed by atoms with E-state index in [2.05, 4.69) is 0 Å². The van der Waals surface area contributed by atoms with E-state index in [9.17, 15) is 4.79 Å². The van der Waals surface area contributed by atoms with Crippen LogP contribution in [-0.2, 0) is 0 Å². The van der Waals surface area contributed by atoms with Crippen molar-refractivity contribution < 1.29 is 15.0 Å². The van der Waals surface area contributed by atoms with Crippen molar-refractivity contribution in [3.63, 3.8) is 0 Å². The monoisotopic (exact) mass is 180 g/mol. The number of carbonyl (C=O) groups is 1. The molecule has 0 aliphatic rings. The number of phenolic OH excluding ortho intramolecular Hbond substituents is 1. The van der Waals surface area contributed by atoms with Crippen molar-refractivity contribution >= 4 is 5.78 Å². The maximum Gasteiger partial charge on any atom is 0.163 e.